The zero-order valence-electron chi connectivity index (χ0n) is 12.8. The lowest BCUT2D eigenvalue weighted by Gasteiger charge is -2.05. The van der Waals surface area contributed by atoms with Gasteiger partial charge in [0.1, 0.15) is 0 Å². The van der Waals surface area contributed by atoms with Gasteiger partial charge in [-0.15, -0.1) is 11.3 Å². The molecule has 0 aromatic carbocycles. The highest BCUT2D eigenvalue weighted by molar-refractivity contribution is 7.11. The molecule has 1 heterocycles. The van der Waals surface area contributed by atoms with Crippen LogP contribution in [-0.2, 0) is 24.1 Å². The lowest BCUT2D eigenvalue weighted by atomic mass is 10.1. The maximum Gasteiger partial charge on any atom is 0.0954 e. The van der Waals surface area contributed by atoms with Crippen LogP contribution in [0, 0.1) is 5.92 Å². The predicted octanol–water partition coefficient (Wildman–Crippen LogP) is 3.42. The van der Waals surface area contributed by atoms with Crippen molar-refractivity contribution < 1.29 is 4.74 Å². The van der Waals surface area contributed by atoms with Crippen molar-refractivity contribution in [3.05, 3.63) is 15.6 Å². The Kier molecular flexibility index (Phi) is 8.26. The first kappa shape index (κ1) is 16.6. The first-order valence-corrected chi connectivity index (χ1v) is 8.24. The van der Waals surface area contributed by atoms with Gasteiger partial charge in [-0.2, -0.15) is 0 Å². The molecule has 0 radical (unpaired) electrons. The topological polar surface area (TPSA) is 34.1 Å². The smallest absolute Gasteiger partial charge is 0.0954 e. The van der Waals surface area contributed by atoms with Crippen LogP contribution >= 0.6 is 11.3 Å². The standard InChI is InChI=1S/C15H28N2OS/c1-5-8-16-11-14-13(10-12(3)4)17-15(19-14)7-9-18-6-2/h12,16H,5-11H2,1-4H3. The van der Waals surface area contributed by atoms with Gasteiger partial charge in [0.25, 0.3) is 0 Å². The summed E-state index contributed by atoms with van der Waals surface area (Å²) in [6, 6.07) is 0. The third-order valence-corrected chi connectivity index (χ3v) is 3.96. The largest absolute Gasteiger partial charge is 0.381 e. The summed E-state index contributed by atoms with van der Waals surface area (Å²) in [5.41, 5.74) is 1.29. The molecule has 4 heteroatoms. The molecule has 0 fully saturated rings. The van der Waals surface area contributed by atoms with E-state index in [1.54, 1.807) is 0 Å². The van der Waals surface area contributed by atoms with E-state index in [1.165, 1.54) is 22.0 Å². The third kappa shape index (κ3) is 6.50. The van der Waals surface area contributed by atoms with Crippen molar-refractivity contribution in [2.24, 2.45) is 5.92 Å². The van der Waals surface area contributed by atoms with Gasteiger partial charge in [-0.25, -0.2) is 4.98 Å². The minimum atomic E-state index is 0.659. The van der Waals surface area contributed by atoms with E-state index in [2.05, 4.69) is 26.1 Å². The van der Waals surface area contributed by atoms with Gasteiger partial charge in [-0.05, 0) is 32.2 Å². The summed E-state index contributed by atoms with van der Waals surface area (Å²) >= 11 is 1.85. The maximum atomic E-state index is 5.42. The normalized spacial score (nSPS) is 11.4. The van der Waals surface area contributed by atoms with Crippen molar-refractivity contribution in [3.63, 3.8) is 0 Å². The highest BCUT2D eigenvalue weighted by Gasteiger charge is 2.12. The Bertz CT molecular complexity index is 350. The second-order valence-corrected chi connectivity index (χ2v) is 6.37. The zero-order chi connectivity index (χ0) is 14.1. The monoisotopic (exact) mass is 284 g/mol. The number of aromatic nitrogens is 1. The number of rotatable bonds is 10. The predicted molar refractivity (Wildman–Crippen MR) is 82.9 cm³/mol. The summed E-state index contributed by atoms with van der Waals surface area (Å²) in [4.78, 5) is 6.21. The van der Waals surface area contributed by atoms with Crippen molar-refractivity contribution in [1.29, 1.82) is 0 Å². The zero-order valence-corrected chi connectivity index (χ0v) is 13.6. The molecule has 0 atom stereocenters. The first-order valence-electron chi connectivity index (χ1n) is 7.43. The summed E-state index contributed by atoms with van der Waals surface area (Å²) < 4.78 is 5.42. The lowest BCUT2D eigenvalue weighted by molar-refractivity contribution is 0.151. The number of thiazole rings is 1. The summed E-state index contributed by atoms with van der Waals surface area (Å²) in [7, 11) is 0. The van der Waals surface area contributed by atoms with Gasteiger partial charge in [-0.3, -0.25) is 0 Å². The molecule has 0 aliphatic carbocycles. The molecular formula is C15H28N2OS. The summed E-state index contributed by atoms with van der Waals surface area (Å²) in [5.74, 6) is 0.659. The minimum Gasteiger partial charge on any atom is -0.381 e. The van der Waals surface area contributed by atoms with Gasteiger partial charge in [-0.1, -0.05) is 20.8 Å². The highest BCUT2D eigenvalue weighted by atomic mass is 32.1. The van der Waals surface area contributed by atoms with Crippen molar-refractivity contribution in [2.75, 3.05) is 19.8 Å². The average molecular weight is 284 g/mol. The maximum absolute atomic E-state index is 5.42. The van der Waals surface area contributed by atoms with Crippen LogP contribution in [0.5, 0.6) is 0 Å². The Labute approximate surface area is 121 Å². The van der Waals surface area contributed by atoms with Crippen LogP contribution in [-0.4, -0.2) is 24.7 Å². The van der Waals surface area contributed by atoms with Crippen LogP contribution in [0.4, 0.5) is 0 Å². The van der Waals surface area contributed by atoms with E-state index < -0.39 is 0 Å². The fourth-order valence-electron chi connectivity index (χ4n) is 1.91. The van der Waals surface area contributed by atoms with Gasteiger partial charge < -0.3 is 10.1 Å². The summed E-state index contributed by atoms with van der Waals surface area (Å²) in [6.07, 6.45) is 3.20. The molecule has 0 saturated heterocycles. The minimum absolute atomic E-state index is 0.659. The van der Waals surface area contributed by atoms with E-state index in [1.807, 2.05) is 18.3 Å². The molecule has 0 amide bonds. The van der Waals surface area contributed by atoms with Crippen molar-refractivity contribution in [2.45, 2.75) is 53.5 Å². The molecule has 0 aliphatic rings. The van der Waals surface area contributed by atoms with Crippen LogP contribution in [0.2, 0.25) is 0 Å². The van der Waals surface area contributed by atoms with E-state index in [0.717, 1.165) is 39.1 Å². The van der Waals surface area contributed by atoms with Gasteiger partial charge >= 0.3 is 0 Å². The number of hydrogen-bond acceptors (Lipinski definition) is 4. The quantitative estimate of drug-likeness (QED) is 0.669. The molecule has 1 N–H and O–H groups in total. The molecule has 110 valence electrons. The molecule has 1 aromatic rings. The van der Waals surface area contributed by atoms with Gasteiger partial charge in [0, 0.05) is 24.4 Å². The molecule has 0 spiro atoms. The molecule has 0 bridgehead atoms. The number of hydrogen-bond donors (Lipinski definition) is 1. The first-order chi connectivity index (χ1) is 9.17. The molecular weight excluding hydrogens is 256 g/mol. The summed E-state index contributed by atoms with van der Waals surface area (Å²) in [6.45, 7) is 12.3. The molecule has 3 nitrogen and oxygen atoms in total. The van der Waals surface area contributed by atoms with Crippen molar-refractivity contribution in [3.8, 4) is 0 Å². The van der Waals surface area contributed by atoms with Crippen molar-refractivity contribution in [1.82, 2.24) is 10.3 Å². The molecule has 0 saturated carbocycles. The summed E-state index contributed by atoms with van der Waals surface area (Å²) in [5, 5.41) is 4.70. The molecule has 1 aromatic heterocycles. The van der Waals surface area contributed by atoms with Gasteiger partial charge in [0.2, 0.25) is 0 Å². The van der Waals surface area contributed by atoms with Crippen LogP contribution in [0.15, 0.2) is 0 Å². The molecule has 0 aliphatic heterocycles. The Morgan fingerprint density at radius 1 is 1.32 bits per heavy atom. The SMILES string of the molecule is CCCNCc1sc(CCOCC)nc1CC(C)C. The number of nitrogens with zero attached hydrogens (tertiary/aromatic N) is 1. The van der Waals surface area contributed by atoms with E-state index >= 15 is 0 Å². The van der Waals surface area contributed by atoms with Gasteiger partial charge in [0.15, 0.2) is 0 Å². The third-order valence-electron chi connectivity index (χ3n) is 2.80. The fraction of sp³-hybridized carbons (Fsp3) is 0.800. The van der Waals surface area contributed by atoms with E-state index in [9.17, 15) is 0 Å². The van der Waals surface area contributed by atoms with Crippen LogP contribution in [0.3, 0.4) is 0 Å². The number of ether oxygens (including phenoxy) is 1. The Morgan fingerprint density at radius 2 is 2.11 bits per heavy atom. The second kappa shape index (κ2) is 9.45. The lowest BCUT2D eigenvalue weighted by Crippen LogP contribution is -2.14. The average Bonchev–Trinajstić information content (AvgIpc) is 2.72. The fourth-order valence-corrected chi connectivity index (χ4v) is 2.96. The molecule has 19 heavy (non-hydrogen) atoms. The van der Waals surface area contributed by atoms with E-state index in [-0.39, 0.29) is 0 Å². The Morgan fingerprint density at radius 3 is 2.74 bits per heavy atom. The molecule has 0 unspecified atom stereocenters. The van der Waals surface area contributed by atoms with E-state index in [4.69, 9.17) is 9.72 Å². The van der Waals surface area contributed by atoms with Crippen LogP contribution in [0.1, 0.15) is 49.7 Å². The van der Waals surface area contributed by atoms with Crippen molar-refractivity contribution >= 4 is 11.3 Å². The Hall–Kier alpha value is -0.450. The number of nitrogens with one attached hydrogen (secondary N) is 1. The van der Waals surface area contributed by atoms with Crippen LogP contribution in [0.25, 0.3) is 0 Å². The van der Waals surface area contributed by atoms with Crippen LogP contribution < -0.4 is 5.32 Å². The van der Waals surface area contributed by atoms with Gasteiger partial charge in [0.05, 0.1) is 17.3 Å². The Balaban J connectivity index is 2.62. The molecule has 1 rings (SSSR count). The second-order valence-electron chi connectivity index (χ2n) is 5.20. The highest BCUT2D eigenvalue weighted by Crippen LogP contribution is 2.22. The van der Waals surface area contributed by atoms with E-state index in [0.29, 0.717) is 5.92 Å².